The van der Waals surface area contributed by atoms with E-state index in [-0.39, 0.29) is 12.1 Å². The first-order valence-electron chi connectivity index (χ1n) is 11.6. The van der Waals surface area contributed by atoms with Crippen molar-refractivity contribution in [2.75, 3.05) is 0 Å². The first-order valence-corrected chi connectivity index (χ1v) is 11.6. The normalized spacial score (nSPS) is 53.1. The molecular formula is C24H34O2. The molecule has 2 heteroatoms. The molecule has 6 aliphatic rings. The molecule has 0 amide bonds. The quantitative estimate of drug-likeness (QED) is 0.501. The molecule has 6 rings (SSSR count). The third-order valence-corrected chi connectivity index (χ3v) is 9.99. The minimum absolute atomic E-state index is 0.0529. The predicted molar refractivity (Wildman–Crippen MR) is 101 cm³/mol. The van der Waals surface area contributed by atoms with E-state index in [1.165, 1.54) is 57.8 Å². The Balaban J connectivity index is 1.06. The fraction of sp³-hybridized carbons (Fsp3) is 0.875. The van der Waals surface area contributed by atoms with Crippen molar-refractivity contribution in [2.45, 2.75) is 76.7 Å². The van der Waals surface area contributed by atoms with Gasteiger partial charge < -0.3 is 4.74 Å². The number of rotatable bonds is 4. The summed E-state index contributed by atoms with van der Waals surface area (Å²) in [6.45, 7) is 4.18. The molecule has 6 aliphatic carbocycles. The summed E-state index contributed by atoms with van der Waals surface area (Å²) in [4.78, 5) is 12.8. The molecule has 0 N–H and O–H groups in total. The molecule has 0 aromatic heterocycles. The minimum atomic E-state index is -0.0529. The van der Waals surface area contributed by atoms with Gasteiger partial charge in [0.25, 0.3) is 0 Å². The van der Waals surface area contributed by atoms with Gasteiger partial charge in [-0.2, -0.15) is 0 Å². The van der Waals surface area contributed by atoms with E-state index in [2.05, 4.69) is 6.58 Å². The van der Waals surface area contributed by atoms with E-state index in [0.717, 1.165) is 65.8 Å². The van der Waals surface area contributed by atoms with Gasteiger partial charge in [0, 0.05) is 5.57 Å². The maximum Gasteiger partial charge on any atom is 0.333 e. The molecule has 0 heterocycles. The maximum absolute atomic E-state index is 12.8. The lowest BCUT2D eigenvalue weighted by atomic mass is 9.74. The molecule has 0 aliphatic heterocycles. The average molecular weight is 355 g/mol. The number of fused-ring (bicyclic) bond motifs is 10. The van der Waals surface area contributed by atoms with Crippen LogP contribution in [0.1, 0.15) is 70.6 Å². The van der Waals surface area contributed by atoms with Crippen molar-refractivity contribution in [3.63, 3.8) is 0 Å². The number of carbonyl (C=O) groups is 1. The van der Waals surface area contributed by atoms with Crippen molar-refractivity contribution in [3.05, 3.63) is 12.2 Å². The van der Waals surface area contributed by atoms with Crippen LogP contribution in [0.2, 0.25) is 0 Å². The second-order valence-electron chi connectivity index (χ2n) is 10.8. The molecule has 10 atom stereocenters. The summed E-state index contributed by atoms with van der Waals surface area (Å²) < 4.78 is 6.05. The zero-order valence-electron chi connectivity index (χ0n) is 16.1. The van der Waals surface area contributed by atoms with Crippen molar-refractivity contribution in [2.24, 2.45) is 53.3 Å². The van der Waals surface area contributed by atoms with Crippen LogP contribution in [-0.2, 0) is 9.53 Å². The van der Waals surface area contributed by atoms with Gasteiger partial charge in [0.1, 0.15) is 6.10 Å². The van der Waals surface area contributed by atoms with E-state index in [0.29, 0.717) is 5.92 Å². The lowest BCUT2D eigenvalue weighted by molar-refractivity contribution is -0.148. The number of esters is 1. The first-order chi connectivity index (χ1) is 12.7. The highest BCUT2D eigenvalue weighted by Crippen LogP contribution is 2.62. The van der Waals surface area contributed by atoms with Gasteiger partial charge in [-0.25, -0.2) is 4.79 Å². The molecule has 0 spiro atoms. The molecule has 6 saturated carbocycles. The highest BCUT2D eigenvalue weighted by molar-refractivity contribution is 5.87. The molecule has 4 bridgehead atoms. The zero-order chi connectivity index (χ0) is 17.4. The van der Waals surface area contributed by atoms with Gasteiger partial charge in [0.05, 0.1) is 0 Å². The van der Waals surface area contributed by atoms with Crippen molar-refractivity contribution in [1.29, 1.82) is 0 Å². The van der Waals surface area contributed by atoms with E-state index in [9.17, 15) is 4.79 Å². The van der Waals surface area contributed by atoms with Crippen LogP contribution in [0.15, 0.2) is 12.2 Å². The number of carbonyl (C=O) groups excluding carboxylic acids is 1. The van der Waals surface area contributed by atoms with Gasteiger partial charge >= 0.3 is 5.97 Å². The van der Waals surface area contributed by atoms with Crippen LogP contribution in [0.25, 0.3) is 0 Å². The smallest absolute Gasteiger partial charge is 0.333 e. The topological polar surface area (TPSA) is 26.3 Å². The zero-order valence-corrected chi connectivity index (χ0v) is 16.1. The van der Waals surface area contributed by atoms with Crippen molar-refractivity contribution < 1.29 is 9.53 Å². The third kappa shape index (κ3) is 2.26. The van der Waals surface area contributed by atoms with Gasteiger partial charge in [-0.05, 0) is 111 Å². The van der Waals surface area contributed by atoms with Crippen molar-refractivity contribution in [3.8, 4) is 0 Å². The minimum Gasteiger partial charge on any atom is -0.459 e. The van der Waals surface area contributed by atoms with Gasteiger partial charge in [0.2, 0.25) is 0 Å². The van der Waals surface area contributed by atoms with Gasteiger partial charge in [-0.1, -0.05) is 19.4 Å². The van der Waals surface area contributed by atoms with Gasteiger partial charge in [-0.15, -0.1) is 0 Å². The average Bonchev–Trinajstić information content (AvgIpc) is 3.38. The van der Waals surface area contributed by atoms with E-state index in [1.54, 1.807) is 0 Å². The van der Waals surface area contributed by atoms with Crippen molar-refractivity contribution >= 4 is 5.97 Å². The van der Waals surface area contributed by atoms with E-state index in [4.69, 9.17) is 4.74 Å². The Labute approximate surface area is 158 Å². The fourth-order valence-electron chi connectivity index (χ4n) is 9.21. The Morgan fingerprint density at radius 2 is 1.38 bits per heavy atom. The Kier molecular flexibility index (Phi) is 3.64. The van der Waals surface area contributed by atoms with Crippen LogP contribution >= 0.6 is 0 Å². The molecule has 0 saturated heterocycles. The van der Waals surface area contributed by atoms with Crippen LogP contribution in [0.4, 0.5) is 0 Å². The van der Waals surface area contributed by atoms with E-state index < -0.39 is 0 Å². The SMILES string of the molecule is C=C(CC1CC2CC1C1CCCC21)C(=O)OC1CC2CC1C1CCCC21. The summed E-state index contributed by atoms with van der Waals surface area (Å²) in [7, 11) is 0. The van der Waals surface area contributed by atoms with Crippen LogP contribution in [0.5, 0.6) is 0 Å². The second-order valence-corrected chi connectivity index (χ2v) is 10.8. The summed E-state index contributed by atoms with van der Waals surface area (Å²) in [5.74, 6) is 7.88. The van der Waals surface area contributed by atoms with Crippen LogP contribution in [0, 0.1) is 53.3 Å². The molecule has 0 aromatic carbocycles. The van der Waals surface area contributed by atoms with E-state index >= 15 is 0 Å². The standard InChI is InChI=1S/C24H34O2/c1-13(8-14-9-15-10-21(14)19-6-2-4-17(15)19)24(25)26-23-12-16-11-22(23)20-7-3-5-18(16)20/h14-23H,1-12H2. The summed E-state index contributed by atoms with van der Waals surface area (Å²) in [6, 6.07) is 0. The third-order valence-electron chi connectivity index (χ3n) is 9.99. The second kappa shape index (κ2) is 5.85. The summed E-state index contributed by atoms with van der Waals surface area (Å²) in [6.07, 6.45) is 15.0. The molecule has 10 unspecified atom stereocenters. The Morgan fingerprint density at radius 3 is 2.15 bits per heavy atom. The lowest BCUT2D eigenvalue weighted by Crippen LogP contribution is -2.33. The van der Waals surface area contributed by atoms with Crippen LogP contribution in [-0.4, -0.2) is 12.1 Å². The fourth-order valence-corrected chi connectivity index (χ4v) is 9.21. The van der Waals surface area contributed by atoms with Gasteiger partial charge in [-0.3, -0.25) is 0 Å². The number of ether oxygens (including phenoxy) is 1. The number of hydrogen-bond donors (Lipinski definition) is 0. The monoisotopic (exact) mass is 354 g/mol. The number of hydrogen-bond acceptors (Lipinski definition) is 2. The molecule has 26 heavy (non-hydrogen) atoms. The first kappa shape index (κ1) is 16.2. The van der Waals surface area contributed by atoms with Crippen LogP contribution < -0.4 is 0 Å². The maximum atomic E-state index is 12.8. The Hall–Kier alpha value is -0.790. The largest absolute Gasteiger partial charge is 0.459 e. The van der Waals surface area contributed by atoms with Crippen LogP contribution in [0.3, 0.4) is 0 Å². The Bertz CT molecular complexity index is 570. The molecular weight excluding hydrogens is 320 g/mol. The van der Waals surface area contributed by atoms with Crippen molar-refractivity contribution in [1.82, 2.24) is 0 Å². The molecule has 2 nitrogen and oxygen atoms in total. The van der Waals surface area contributed by atoms with E-state index in [1.807, 2.05) is 0 Å². The van der Waals surface area contributed by atoms with Gasteiger partial charge in [0.15, 0.2) is 0 Å². The molecule has 142 valence electrons. The lowest BCUT2D eigenvalue weighted by Gasteiger charge is -2.33. The highest BCUT2D eigenvalue weighted by Gasteiger charge is 2.56. The predicted octanol–water partition coefficient (Wildman–Crippen LogP) is 5.37. The molecule has 0 radical (unpaired) electrons. The molecule has 0 aromatic rings. The molecule has 6 fully saturated rings. The summed E-state index contributed by atoms with van der Waals surface area (Å²) >= 11 is 0. The summed E-state index contributed by atoms with van der Waals surface area (Å²) in [5, 5.41) is 0. The Morgan fingerprint density at radius 1 is 0.769 bits per heavy atom. The summed E-state index contributed by atoms with van der Waals surface area (Å²) in [5.41, 5.74) is 0.780. The highest BCUT2D eigenvalue weighted by atomic mass is 16.5.